The summed E-state index contributed by atoms with van der Waals surface area (Å²) in [4.78, 5) is 13.5. The number of nitrogens with one attached hydrogen (secondary N) is 1. The molecule has 14 heavy (non-hydrogen) atoms. The molecule has 2 rings (SSSR count). The van der Waals surface area contributed by atoms with Crippen LogP contribution in [0.5, 0.6) is 0 Å². The predicted molar refractivity (Wildman–Crippen MR) is 52.8 cm³/mol. The van der Waals surface area contributed by atoms with Crippen molar-refractivity contribution in [1.29, 1.82) is 0 Å². The summed E-state index contributed by atoms with van der Waals surface area (Å²) in [6.45, 7) is 2.53. The highest BCUT2D eigenvalue weighted by atomic mass is 16.3. The van der Waals surface area contributed by atoms with Crippen LogP contribution in [0.2, 0.25) is 0 Å². The SMILES string of the molecule is O=C1CCC(O)CN1C1CCNCC1. The molecule has 0 radical (unpaired) electrons. The maximum atomic E-state index is 11.6. The molecule has 2 aliphatic rings. The Morgan fingerprint density at radius 2 is 2.00 bits per heavy atom. The van der Waals surface area contributed by atoms with Gasteiger partial charge in [-0.25, -0.2) is 0 Å². The van der Waals surface area contributed by atoms with Crippen molar-refractivity contribution in [2.75, 3.05) is 19.6 Å². The van der Waals surface area contributed by atoms with Gasteiger partial charge in [-0.1, -0.05) is 0 Å². The lowest BCUT2D eigenvalue weighted by Gasteiger charge is -2.38. The molecule has 1 atom stereocenters. The Morgan fingerprint density at radius 1 is 1.29 bits per heavy atom. The molecular formula is C10H18N2O2. The maximum Gasteiger partial charge on any atom is 0.223 e. The Hall–Kier alpha value is -0.610. The second-order valence-corrected chi connectivity index (χ2v) is 4.22. The van der Waals surface area contributed by atoms with Gasteiger partial charge in [-0.3, -0.25) is 4.79 Å². The van der Waals surface area contributed by atoms with Gasteiger partial charge in [0.2, 0.25) is 5.91 Å². The first kappa shape index (κ1) is 9.93. The standard InChI is InChI=1S/C10H18N2O2/c13-9-1-2-10(14)12(7-9)8-3-5-11-6-4-8/h8-9,11,13H,1-7H2. The molecule has 1 amide bonds. The van der Waals surface area contributed by atoms with E-state index in [4.69, 9.17) is 0 Å². The smallest absolute Gasteiger partial charge is 0.223 e. The molecule has 0 aliphatic carbocycles. The second-order valence-electron chi connectivity index (χ2n) is 4.22. The topological polar surface area (TPSA) is 52.6 Å². The number of rotatable bonds is 1. The van der Waals surface area contributed by atoms with Gasteiger partial charge >= 0.3 is 0 Å². The lowest BCUT2D eigenvalue weighted by molar-refractivity contribution is -0.140. The first-order chi connectivity index (χ1) is 6.77. The van der Waals surface area contributed by atoms with E-state index in [2.05, 4.69) is 5.32 Å². The fourth-order valence-corrected chi connectivity index (χ4v) is 2.32. The third-order valence-electron chi connectivity index (χ3n) is 3.17. The van der Waals surface area contributed by atoms with Crippen molar-refractivity contribution in [3.63, 3.8) is 0 Å². The minimum absolute atomic E-state index is 0.224. The first-order valence-corrected chi connectivity index (χ1v) is 5.45. The number of likely N-dealkylation sites (tertiary alicyclic amines) is 1. The molecule has 2 heterocycles. The Morgan fingerprint density at radius 3 is 2.71 bits per heavy atom. The lowest BCUT2D eigenvalue weighted by atomic mass is 9.99. The lowest BCUT2D eigenvalue weighted by Crippen LogP contribution is -2.51. The maximum absolute atomic E-state index is 11.6. The van der Waals surface area contributed by atoms with Crippen LogP contribution in [0.15, 0.2) is 0 Å². The zero-order chi connectivity index (χ0) is 9.97. The van der Waals surface area contributed by atoms with Gasteiger partial charge in [0.25, 0.3) is 0 Å². The van der Waals surface area contributed by atoms with Crippen LogP contribution in [0.4, 0.5) is 0 Å². The number of piperidine rings is 2. The monoisotopic (exact) mass is 198 g/mol. The highest BCUT2D eigenvalue weighted by molar-refractivity contribution is 5.77. The Bertz CT molecular complexity index is 214. The van der Waals surface area contributed by atoms with Gasteiger partial charge in [0.05, 0.1) is 6.10 Å². The van der Waals surface area contributed by atoms with Gasteiger partial charge in [-0.15, -0.1) is 0 Å². The molecular weight excluding hydrogens is 180 g/mol. The summed E-state index contributed by atoms with van der Waals surface area (Å²) in [5.74, 6) is 0.224. The Labute approximate surface area is 84.3 Å². The Kier molecular flexibility index (Phi) is 3.03. The molecule has 0 spiro atoms. The van der Waals surface area contributed by atoms with Crippen LogP contribution >= 0.6 is 0 Å². The number of amides is 1. The van der Waals surface area contributed by atoms with Crippen LogP contribution in [0, 0.1) is 0 Å². The van der Waals surface area contributed by atoms with E-state index in [0.29, 0.717) is 25.4 Å². The van der Waals surface area contributed by atoms with Crippen LogP contribution in [0.1, 0.15) is 25.7 Å². The van der Waals surface area contributed by atoms with E-state index in [0.717, 1.165) is 25.9 Å². The van der Waals surface area contributed by atoms with Crippen LogP contribution in [0.25, 0.3) is 0 Å². The summed E-state index contributed by atoms with van der Waals surface area (Å²) in [5.41, 5.74) is 0. The van der Waals surface area contributed by atoms with Gasteiger partial charge in [0, 0.05) is 19.0 Å². The molecule has 0 aromatic heterocycles. The number of β-amino-alcohol motifs (C(OH)–C–C–N with tert-alkyl or cyclic N) is 1. The molecule has 0 bridgehead atoms. The Balaban J connectivity index is 1.96. The minimum Gasteiger partial charge on any atom is -0.391 e. The average molecular weight is 198 g/mol. The normalized spacial score (nSPS) is 30.8. The number of nitrogens with zero attached hydrogens (tertiary/aromatic N) is 1. The van der Waals surface area contributed by atoms with Crippen molar-refractivity contribution in [3.05, 3.63) is 0 Å². The summed E-state index contributed by atoms with van der Waals surface area (Å²) in [6.07, 6.45) is 2.91. The van der Waals surface area contributed by atoms with Crippen molar-refractivity contribution >= 4 is 5.91 Å². The fourth-order valence-electron chi connectivity index (χ4n) is 2.32. The number of carbonyl (C=O) groups is 1. The molecule has 0 aromatic carbocycles. The molecule has 0 saturated carbocycles. The molecule has 4 heteroatoms. The number of hydrogen-bond acceptors (Lipinski definition) is 3. The quantitative estimate of drug-likeness (QED) is 0.609. The number of aliphatic hydroxyl groups is 1. The molecule has 1 unspecified atom stereocenters. The summed E-state index contributed by atoms with van der Waals surface area (Å²) >= 11 is 0. The van der Waals surface area contributed by atoms with Gasteiger partial charge in [0.15, 0.2) is 0 Å². The minimum atomic E-state index is -0.303. The number of aliphatic hydroxyl groups excluding tert-OH is 1. The molecule has 2 aliphatic heterocycles. The third kappa shape index (κ3) is 2.07. The predicted octanol–water partition coefficient (Wildman–Crippen LogP) is -0.278. The van der Waals surface area contributed by atoms with Crippen molar-refractivity contribution in [1.82, 2.24) is 10.2 Å². The summed E-state index contributed by atoms with van der Waals surface area (Å²) in [6, 6.07) is 0.360. The van der Waals surface area contributed by atoms with Gasteiger partial charge < -0.3 is 15.3 Å². The fraction of sp³-hybridized carbons (Fsp3) is 0.900. The van der Waals surface area contributed by atoms with Crippen LogP contribution in [0.3, 0.4) is 0 Å². The molecule has 0 aromatic rings. The summed E-state index contributed by atoms with van der Waals surface area (Å²) < 4.78 is 0. The highest BCUT2D eigenvalue weighted by Crippen LogP contribution is 2.19. The third-order valence-corrected chi connectivity index (χ3v) is 3.17. The zero-order valence-electron chi connectivity index (χ0n) is 8.41. The van der Waals surface area contributed by atoms with E-state index in [1.165, 1.54) is 0 Å². The molecule has 80 valence electrons. The zero-order valence-corrected chi connectivity index (χ0v) is 8.41. The van der Waals surface area contributed by atoms with Crippen molar-refractivity contribution in [2.45, 2.75) is 37.8 Å². The van der Waals surface area contributed by atoms with Crippen LogP contribution in [-0.4, -0.2) is 47.7 Å². The average Bonchev–Trinajstić information content (AvgIpc) is 2.23. The van der Waals surface area contributed by atoms with E-state index < -0.39 is 0 Å². The van der Waals surface area contributed by atoms with Gasteiger partial charge in [-0.2, -0.15) is 0 Å². The van der Waals surface area contributed by atoms with E-state index in [9.17, 15) is 9.90 Å². The van der Waals surface area contributed by atoms with E-state index in [-0.39, 0.29) is 12.0 Å². The molecule has 2 fully saturated rings. The number of hydrogen-bond donors (Lipinski definition) is 2. The van der Waals surface area contributed by atoms with Gasteiger partial charge in [-0.05, 0) is 32.4 Å². The van der Waals surface area contributed by atoms with E-state index in [1.54, 1.807) is 0 Å². The van der Waals surface area contributed by atoms with E-state index >= 15 is 0 Å². The van der Waals surface area contributed by atoms with Crippen molar-refractivity contribution in [2.24, 2.45) is 0 Å². The summed E-state index contributed by atoms with van der Waals surface area (Å²) in [5, 5.41) is 12.8. The molecule has 2 N–H and O–H groups in total. The molecule has 2 saturated heterocycles. The van der Waals surface area contributed by atoms with Crippen molar-refractivity contribution < 1.29 is 9.90 Å². The van der Waals surface area contributed by atoms with Crippen molar-refractivity contribution in [3.8, 4) is 0 Å². The van der Waals surface area contributed by atoms with Crippen LogP contribution < -0.4 is 5.32 Å². The highest BCUT2D eigenvalue weighted by Gasteiger charge is 2.30. The summed E-state index contributed by atoms with van der Waals surface area (Å²) in [7, 11) is 0. The van der Waals surface area contributed by atoms with E-state index in [1.807, 2.05) is 4.90 Å². The molecule has 4 nitrogen and oxygen atoms in total. The largest absolute Gasteiger partial charge is 0.391 e. The first-order valence-electron chi connectivity index (χ1n) is 5.45. The van der Waals surface area contributed by atoms with Crippen LogP contribution in [-0.2, 0) is 4.79 Å². The van der Waals surface area contributed by atoms with Gasteiger partial charge in [0.1, 0.15) is 0 Å². The second kappa shape index (κ2) is 4.28. The number of carbonyl (C=O) groups excluding carboxylic acids is 1.